The van der Waals surface area contributed by atoms with Gasteiger partial charge in [0.1, 0.15) is 0 Å². The van der Waals surface area contributed by atoms with Crippen LogP contribution in [0, 0.1) is 0 Å². The van der Waals surface area contributed by atoms with E-state index in [0.717, 1.165) is 59.3 Å². The summed E-state index contributed by atoms with van der Waals surface area (Å²) in [5.74, 6) is 2.55. The van der Waals surface area contributed by atoms with Gasteiger partial charge in [-0.05, 0) is 31.4 Å². The minimum atomic E-state index is 0.605. The first-order valence-electron chi connectivity index (χ1n) is 9.55. The van der Waals surface area contributed by atoms with E-state index < -0.39 is 0 Å². The van der Waals surface area contributed by atoms with Gasteiger partial charge in [-0.15, -0.1) is 0 Å². The van der Waals surface area contributed by atoms with E-state index >= 15 is 0 Å². The second-order valence-corrected chi connectivity index (χ2v) is 6.84. The number of hydrogen-bond donors (Lipinski definition) is 1. The number of para-hydroxylation sites is 2. The van der Waals surface area contributed by atoms with Crippen molar-refractivity contribution < 1.29 is 4.74 Å². The number of methoxy groups -OCH3 is 1. The Hall–Kier alpha value is -2.83. The summed E-state index contributed by atoms with van der Waals surface area (Å²) in [5, 5.41) is 8.08. The molecular formula is C20H26N6O. The van der Waals surface area contributed by atoms with Crippen molar-refractivity contribution in [2.24, 2.45) is 7.05 Å². The Morgan fingerprint density at radius 3 is 2.48 bits per heavy atom. The third kappa shape index (κ3) is 3.29. The van der Waals surface area contributed by atoms with Crippen LogP contribution in [-0.4, -0.2) is 39.9 Å². The van der Waals surface area contributed by atoms with Gasteiger partial charge in [-0.3, -0.25) is 0 Å². The molecule has 4 rings (SSSR count). The summed E-state index contributed by atoms with van der Waals surface area (Å²) in [4.78, 5) is 12.1. The van der Waals surface area contributed by atoms with Crippen LogP contribution in [0.2, 0.25) is 0 Å². The summed E-state index contributed by atoms with van der Waals surface area (Å²) >= 11 is 0. The molecule has 3 heterocycles. The van der Waals surface area contributed by atoms with Crippen molar-refractivity contribution in [3.8, 4) is 5.88 Å². The van der Waals surface area contributed by atoms with Crippen LogP contribution in [0.3, 0.4) is 0 Å². The van der Waals surface area contributed by atoms with Crippen LogP contribution < -0.4 is 15.0 Å². The number of rotatable bonds is 6. The topological polar surface area (TPSA) is 68.1 Å². The summed E-state index contributed by atoms with van der Waals surface area (Å²) in [6, 6.07) is 8.02. The monoisotopic (exact) mass is 366 g/mol. The molecule has 0 saturated carbocycles. The molecule has 0 aliphatic carbocycles. The highest BCUT2D eigenvalue weighted by Gasteiger charge is 2.21. The average molecular weight is 366 g/mol. The first kappa shape index (κ1) is 17.6. The largest absolute Gasteiger partial charge is 0.481 e. The lowest BCUT2D eigenvalue weighted by Crippen LogP contribution is -2.21. The summed E-state index contributed by atoms with van der Waals surface area (Å²) in [7, 11) is 3.60. The number of anilines is 2. The highest BCUT2D eigenvalue weighted by Crippen LogP contribution is 2.29. The summed E-state index contributed by atoms with van der Waals surface area (Å²) < 4.78 is 7.36. The molecule has 1 fully saturated rings. The quantitative estimate of drug-likeness (QED) is 0.723. The maximum atomic E-state index is 5.56. The van der Waals surface area contributed by atoms with E-state index in [-0.39, 0.29) is 0 Å². The third-order valence-corrected chi connectivity index (χ3v) is 5.09. The molecule has 0 bridgehead atoms. The number of nitrogens with one attached hydrogen (secondary N) is 1. The molecule has 7 heteroatoms. The average Bonchev–Trinajstić information content (AvgIpc) is 3.33. The molecule has 0 spiro atoms. The lowest BCUT2D eigenvalue weighted by Gasteiger charge is -2.20. The van der Waals surface area contributed by atoms with Crippen LogP contribution in [0.4, 0.5) is 11.6 Å². The number of nitrogens with zero attached hydrogens (tertiary/aromatic N) is 5. The van der Waals surface area contributed by atoms with Crippen LogP contribution in [0.5, 0.6) is 5.88 Å². The van der Waals surface area contributed by atoms with E-state index in [4.69, 9.17) is 14.7 Å². The molecule has 27 heavy (non-hydrogen) atoms. The molecule has 3 aromatic rings. The SMILES string of the molecule is CCc1nn(C)c(OC)c1CNc1nc2ccccc2nc1N1CCCC1. The van der Waals surface area contributed by atoms with Gasteiger partial charge in [-0.1, -0.05) is 19.1 Å². The van der Waals surface area contributed by atoms with Crippen molar-refractivity contribution in [2.45, 2.75) is 32.7 Å². The second-order valence-electron chi connectivity index (χ2n) is 6.84. The van der Waals surface area contributed by atoms with Gasteiger partial charge in [0, 0.05) is 26.7 Å². The number of fused-ring (bicyclic) bond motifs is 1. The van der Waals surface area contributed by atoms with Crippen molar-refractivity contribution in [1.29, 1.82) is 0 Å². The Balaban J connectivity index is 1.70. The molecule has 142 valence electrons. The van der Waals surface area contributed by atoms with Crippen molar-refractivity contribution in [1.82, 2.24) is 19.7 Å². The van der Waals surface area contributed by atoms with Crippen LogP contribution in [-0.2, 0) is 20.0 Å². The Kier molecular flexibility index (Phi) is 4.83. The van der Waals surface area contributed by atoms with E-state index in [1.165, 1.54) is 12.8 Å². The fourth-order valence-electron chi connectivity index (χ4n) is 3.75. The fourth-order valence-corrected chi connectivity index (χ4v) is 3.75. The van der Waals surface area contributed by atoms with Gasteiger partial charge in [0.15, 0.2) is 11.6 Å². The van der Waals surface area contributed by atoms with Crippen molar-refractivity contribution in [3.05, 3.63) is 35.5 Å². The van der Waals surface area contributed by atoms with Crippen LogP contribution in [0.25, 0.3) is 11.0 Å². The van der Waals surface area contributed by atoms with Crippen molar-refractivity contribution in [3.63, 3.8) is 0 Å². The van der Waals surface area contributed by atoms with Crippen LogP contribution in [0.15, 0.2) is 24.3 Å². The number of hydrogen-bond acceptors (Lipinski definition) is 6. The number of ether oxygens (including phenoxy) is 1. The van der Waals surface area contributed by atoms with E-state index in [1.54, 1.807) is 11.8 Å². The van der Waals surface area contributed by atoms with Gasteiger partial charge in [-0.25, -0.2) is 14.6 Å². The fraction of sp³-hybridized carbons (Fsp3) is 0.450. The van der Waals surface area contributed by atoms with Crippen molar-refractivity contribution >= 4 is 22.7 Å². The molecule has 1 N–H and O–H groups in total. The first-order valence-corrected chi connectivity index (χ1v) is 9.55. The number of benzene rings is 1. The molecule has 0 atom stereocenters. The van der Waals surface area contributed by atoms with Crippen LogP contribution >= 0.6 is 0 Å². The molecule has 1 aliphatic heterocycles. The Morgan fingerprint density at radius 2 is 1.81 bits per heavy atom. The van der Waals surface area contributed by atoms with Gasteiger partial charge in [0.2, 0.25) is 5.88 Å². The molecule has 0 amide bonds. The highest BCUT2D eigenvalue weighted by atomic mass is 16.5. The first-order chi connectivity index (χ1) is 13.2. The molecular weight excluding hydrogens is 340 g/mol. The highest BCUT2D eigenvalue weighted by molar-refractivity contribution is 5.80. The minimum Gasteiger partial charge on any atom is -0.481 e. The molecule has 0 unspecified atom stereocenters. The normalized spacial score (nSPS) is 14.1. The standard InChI is InChI=1S/C20H26N6O/c1-4-15-14(20(27-3)25(2)24-15)13-21-18-19(26-11-7-8-12-26)23-17-10-6-5-9-16(17)22-18/h5-6,9-10H,4,7-8,11-13H2,1-3H3,(H,21,22). The molecule has 2 aromatic heterocycles. The molecule has 1 saturated heterocycles. The molecule has 1 aliphatic rings. The minimum absolute atomic E-state index is 0.605. The van der Waals surface area contributed by atoms with E-state index in [1.807, 2.05) is 31.3 Å². The molecule has 0 radical (unpaired) electrons. The zero-order valence-corrected chi connectivity index (χ0v) is 16.2. The van der Waals surface area contributed by atoms with E-state index in [0.29, 0.717) is 6.54 Å². The Bertz CT molecular complexity index is 945. The Morgan fingerprint density at radius 1 is 1.11 bits per heavy atom. The Labute approximate surface area is 159 Å². The van der Waals surface area contributed by atoms with Gasteiger partial charge >= 0.3 is 0 Å². The van der Waals surface area contributed by atoms with Gasteiger partial charge < -0.3 is 15.0 Å². The van der Waals surface area contributed by atoms with E-state index in [2.05, 4.69) is 22.2 Å². The predicted molar refractivity (Wildman–Crippen MR) is 107 cm³/mol. The lowest BCUT2D eigenvalue weighted by atomic mass is 10.2. The molecule has 1 aromatic carbocycles. The zero-order valence-electron chi connectivity index (χ0n) is 16.2. The summed E-state index contributed by atoms with van der Waals surface area (Å²) in [5.41, 5.74) is 3.94. The van der Waals surface area contributed by atoms with Gasteiger partial charge in [0.05, 0.1) is 29.4 Å². The van der Waals surface area contributed by atoms with E-state index in [9.17, 15) is 0 Å². The van der Waals surface area contributed by atoms with Crippen molar-refractivity contribution in [2.75, 3.05) is 30.4 Å². The van der Waals surface area contributed by atoms with Gasteiger partial charge in [-0.2, -0.15) is 5.10 Å². The maximum Gasteiger partial charge on any atom is 0.216 e. The zero-order chi connectivity index (χ0) is 18.8. The smallest absolute Gasteiger partial charge is 0.216 e. The van der Waals surface area contributed by atoms with Gasteiger partial charge in [0.25, 0.3) is 0 Å². The summed E-state index contributed by atoms with van der Waals surface area (Å²) in [6.45, 7) is 4.76. The number of aryl methyl sites for hydroxylation is 2. The summed E-state index contributed by atoms with van der Waals surface area (Å²) in [6.07, 6.45) is 3.26. The maximum absolute atomic E-state index is 5.56. The third-order valence-electron chi connectivity index (χ3n) is 5.09. The van der Waals surface area contributed by atoms with Crippen LogP contribution in [0.1, 0.15) is 31.0 Å². The predicted octanol–water partition coefficient (Wildman–Crippen LogP) is 3.15. The molecule has 7 nitrogen and oxygen atoms in total. The second kappa shape index (κ2) is 7.42. The number of aromatic nitrogens is 4. The lowest BCUT2D eigenvalue weighted by molar-refractivity contribution is 0.369.